The maximum absolute atomic E-state index is 13.6. The van der Waals surface area contributed by atoms with Crippen LogP contribution in [0.4, 0.5) is 0 Å². The zero-order valence-electron chi connectivity index (χ0n) is 52.5. The molecule has 0 aromatic heterocycles. The number of nitrogens with one attached hydrogen (secondary N) is 1. The highest BCUT2D eigenvalue weighted by Gasteiger charge is 2.27. The van der Waals surface area contributed by atoms with Crippen LogP contribution in [0.25, 0.3) is 0 Å². The summed E-state index contributed by atoms with van der Waals surface area (Å²) in [5.41, 5.74) is 0. The summed E-state index contributed by atoms with van der Waals surface area (Å²) in [6, 6.07) is -0.911. The molecule has 1 amide bonds. The minimum atomic E-state index is -4.72. The lowest BCUT2D eigenvalue weighted by Crippen LogP contribution is -2.47. The molecule has 80 heavy (non-hydrogen) atoms. The number of likely N-dealkylation sites (N-methyl/N-ethyl adjacent to an activating group) is 1. The molecule has 0 aromatic rings. The van der Waals surface area contributed by atoms with Gasteiger partial charge in [-0.1, -0.05) is 252 Å². The third-order valence-electron chi connectivity index (χ3n) is 13.9. The summed E-state index contributed by atoms with van der Waals surface area (Å²) in [6.07, 6.45) is 80.5. The Kier molecular flexibility index (Phi) is 56.4. The van der Waals surface area contributed by atoms with Crippen molar-refractivity contribution in [3.05, 3.63) is 109 Å². The minimum Gasteiger partial charge on any atom is -0.756 e. The molecule has 3 atom stereocenters. The van der Waals surface area contributed by atoms with E-state index in [1.165, 1.54) is 109 Å². The number of nitrogens with zero attached hydrogens (tertiary/aromatic N) is 1. The zero-order valence-corrected chi connectivity index (χ0v) is 53.4. The van der Waals surface area contributed by atoms with Crippen molar-refractivity contribution < 1.29 is 37.3 Å². The van der Waals surface area contributed by atoms with Gasteiger partial charge in [0.2, 0.25) is 5.91 Å². The zero-order chi connectivity index (χ0) is 58.6. The number of phosphoric ester groups is 1. The second-order valence-corrected chi connectivity index (χ2v) is 24.3. The Labute approximate surface area is 493 Å². The molecule has 0 aliphatic heterocycles. The number of carbonyl (C=O) groups is 2. The lowest BCUT2D eigenvalue weighted by molar-refractivity contribution is -0.870. The number of esters is 1. The van der Waals surface area contributed by atoms with Gasteiger partial charge in [-0.3, -0.25) is 14.2 Å². The summed E-state index contributed by atoms with van der Waals surface area (Å²) in [5, 5.41) is 3.02. The lowest BCUT2D eigenvalue weighted by atomic mass is 10.0. The summed E-state index contributed by atoms with van der Waals surface area (Å²) in [5.74, 6) is -0.578. The van der Waals surface area contributed by atoms with Crippen molar-refractivity contribution in [2.24, 2.45) is 0 Å². The van der Waals surface area contributed by atoms with Crippen LogP contribution < -0.4 is 10.2 Å². The molecule has 0 fully saturated rings. The average Bonchev–Trinajstić information content (AvgIpc) is 3.42. The van der Waals surface area contributed by atoms with Crippen LogP contribution in [0, 0.1) is 0 Å². The first-order chi connectivity index (χ1) is 38.9. The fourth-order valence-electron chi connectivity index (χ4n) is 8.91. The average molecular weight is 1140 g/mol. The van der Waals surface area contributed by atoms with Crippen molar-refractivity contribution in [3.63, 3.8) is 0 Å². The molecular weight excluding hydrogens is 1010 g/mol. The highest BCUT2D eigenvalue weighted by atomic mass is 31.2. The molecule has 0 aliphatic rings. The SMILES string of the molecule is CC/C=C\C/C=C\C/C=C\C/C=C\C/C=C\C/C=C\CCCCCCC(=O)NC(COP(=O)([O-])OCC[N+](C)(C)C)C(/C=C\CCCCCCCCCCCC)OC(=O)CCCCCCCCCCC/C=C\C/C=C\CCCCC. The summed E-state index contributed by atoms with van der Waals surface area (Å²) >= 11 is 0. The Balaban J connectivity index is 5.26. The Bertz CT molecular complexity index is 1740. The molecule has 0 aromatic carbocycles. The molecule has 460 valence electrons. The Morgan fingerprint density at radius 2 is 0.800 bits per heavy atom. The monoisotopic (exact) mass is 1130 g/mol. The number of hydrogen-bond donors (Lipinski definition) is 1. The number of phosphoric acid groups is 1. The molecular formula is C70H123N2O7P. The molecule has 0 heterocycles. The summed E-state index contributed by atoms with van der Waals surface area (Å²) < 4.78 is 30.3. The van der Waals surface area contributed by atoms with E-state index in [9.17, 15) is 19.0 Å². The van der Waals surface area contributed by atoms with Gasteiger partial charge < -0.3 is 28.5 Å². The molecule has 0 aliphatic carbocycles. The number of allylic oxidation sites excluding steroid dienone is 17. The van der Waals surface area contributed by atoms with Crippen LogP contribution in [0.2, 0.25) is 0 Å². The summed E-state index contributed by atoms with van der Waals surface area (Å²) in [7, 11) is 1.15. The standard InChI is InChI=1S/C70H123N2O7P/c1-7-10-13-16-19-22-25-28-30-32-34-35-36-37-39-40-42-44-47-50-53-56-59-62-69(73)71-67(66-78-80(75,76)77-65-64-72(4,5)6)68(61-58-55-52-49-46-27-24-21-18-15-12-9-3)79-70(74)63-60-57-54-51-48-45-43-41-38-33-31-29-26-23-20-17-14-11-8-2/h10,13,19-20,22-23,28-31,34-35,37,39,42,44,58,61,67-68H,7-9,11-12,14-18,21,24-27,32-33,36,38,40-41,43,45-57,59-60,62-66H2,1-6H3,(H-,71,73,75,76)/b13-10-,22-19-,23-20-,30-28-,31-29-,35-34-,39-37-,44-42-,61-58-. The quantitative estimate of drug-likeness (QED) is 0.0212. The minimum absolute atomic E-state index is 0.0336. The molecule has 9 nitrogen and oxygen atoms in total. The van der Waals surface area contributed by atoms with Crippen LogP contribution in [-0.2, 0) is 27.9 Å². The molecule has 0 spiro atoms. The third kappa shape index (κ3) is 59.3. The van der Waals surface area contributed by atoms with E-state index in [-0.39, 0.29) is 31.3 Å². The normalized spacial score (nSPS) is 14.3. The van der Waals surface area contributed by atoms with Crippen molar-refractivity contribution in [1.29, 1.82) is 0 Å². The molecule has 0 radical (unpaired) electrons. The smallest absolute Gasteiger partial charge is 0.306 e. The first-order valence-electron chi connectivity index (χ1n) is 32.7. The number of carbonyl (C=O) groups excluding carboxylic acids is 2. The van der Waals surface area contributed by atoms with Crippen molar-refractivity contribution in [1.82, 2.24) is 5.32 Å². The maximum atomic E-state index is 13.6. The van der Waals surface area contributed by atoms with Crippen molar-refractivity contribution in [2.45, 2.75) is 283 Å². The van der Waals surface area contributed by atoms with Crippen LogP contribution in [0.15, 0.2) is 109 Å². The second kappa shape index (κ2) is 58.9. The molecule has 0 saturated heterocycles. The third-order valence-corrected chi connectivity index (χ3v) is 14.9. The molecule has 3 unspecified atom stereocenters. The fourth-order valence-corrected chi connectivity index (χ4v) is 9.63. The molecule has 0 bridgehead atoms. The predicted octanol–water partition coefficient (Wildman–Crippen LogP) is 19.9. The van der Waals surface area contributed by atoms with E-state index in [2.05, 4.69) is 123 Å². The molecule has 0 rings (SSSR count). The van der Waals surface area contributed by atoms with Crippen molar-refractivity contribution in [3.8, 4) is 0 Å². The van der Waals surface area contributed by atoms with E-state index in [1.54, 1.807) is 0 Å². The van der Waals surface area contributed by atoms with Gasteiger partial charge in [0.05, 0.1) is 33.8 Å². The molecule has 10 heteroatoms. The summed E-state index contributed by atoms with van der Waals surface area (Å²) in [6.45, 7) is 6.68. The van der Waals surface area contributed by atoms with Gasteiger partial charge >= 0.3 is 5.97 Å². The van der Waals surface area contributed by atoms with Crippen LogP contribution in [0.5, 0.6) is 0 Å². The lowest BCUT2D eigenvalue weighted by Gasteiger charge is -2.30. The van der Waals surface area contributed by atoms with E-state index in [0.717, 1.165) is 122 Å². The number of ether oxygens (including phenoxy) is 1. The summed E-state index contributed by atoms with van der Waals surface area (Å²) in [4.78, 5) is 40.1. The van der Waals surface area contributed by atoms with Gasteiger partial charge in [0.1, 0.15) is 19.3 Å². The van der Waals surface area contributed by atoms with E-state index in [4.69, 9.17) is 13.8 Å². The van der Waals surface area contributed by atoms with E-state index >= 15 is 0 Å². The first-order valence-corrected chi connectivity index (χ1v) is 34.2. The van der Waals surface area contributed by atoms with Gasteiger partial charge in [-0.15, -0.1) is 0 Å². The highest BCUT2D eigenvalue weighted by molar-refractivity contribution is 7.45. The van der Waals surface area contributed by atoms with Gasteiger partial charge in [0, 0.05) is 12.8 Å². The van der Waals surface area contributed by atoms with Gasteiger partial charge in [-0.05, 0) is 115 Å². The largest absolute Gasteiger partial charge is 0.756 e. The predicted molar refractivity (Wildman–Crippen MR) is 344 cm³/mol. The maximum Gasteiger partial charge on any atom is 0.306 e. The molecule has 1 N–H and O–H groups in total. The number of hydrogen-bond acceptors (Lipinski definition) is 7. The van der Waals surface area contributed by atoms with Crippen LogP contribution in [0.1, 0.15) is 271 Å². The Hall–Kier alpha value is -3.33. The second-order valence-electron chi connectivity index (χ2n) is 22.9. The Morgan fingerprint density at radius 1 is 0.450 bits per heavy atom. The van der Waals surface area contributed by atoms with Crippen LogP contribution >= 0.6 is 7.82 Å². The van der Waals surface area contributed by atoms with E-state index in [0.29, 0.717) is 17.4 Å². The van der Waals surface area contributed by atoms with Crippen molar-refractivity contribution >= 4 is 19.7 Å². The number of rotatable bonds is 58. The van der Waals surface area contributed by atoms with Crippen LogP contribution in [-0.4, -0.2) is 69.4 Å². The fraction of sp³-hybridized carbons (Fsp3) is 0.714. The first kappa shape index (κ1) is 76.7. The highest BCUT2D eigenvalue weighted by Crippen LogP contribution is 2.38. The molecule has 0 saturated carbocycles. The topological polar surface area (TPSA) is 114 Å². The number of unbranched alkanes of at least 4 members (excludes halogenated alkanes) is 26. The van der Waals surface area contributed by atoms with E-state index < -0.39 is 26.6 Å². The van der Waals surface area contributed by atoms with Gasteiger partial charge in [-0.2, -0.15) is 0 Å². The van der Waals surface area contributed by atoms with Crippen LogP contribution in [0.3, 0.4) is 0 Å². The Morgan fingerprint density at radius 3 is 1.23 bits per heavy atom. The van der Waals surface area contributed by atoms with E-state index in [1.807, 2.05) is 33.3 Å². The number of amides is 1. The van der Waals surface area contributed by atoms with Gasteiger partial charge in [0.15, 0.2) is 0 Å². The number of quaternary nitrogens is 1. The van der Waals surface area contributed by atoms with Gasteiger partial charge in [-0.25, -0.2) is 0 Å². The van der Waals surface area contributed by atoms with Crippen molar-refractivity contribution in [2.75, 3.05) is 40.9 Å². The van der Waals surface area contributed by atoms with Gasteiger partial charge in [0.25, 0.3) is 7.82 Å².